The molecule has 3 nitrogen and oxygen atoms in total. The molecule has 0 aliphatic heterocycles. The van der Waals surface area contributed by atoms with Gasteiger partial charge < -0.3 is 4.90 Å². The van der Waals surface area contributed by atoms with E-state index < -0.39 is 20.2 Å². The van der Waals surface area contributed by atoms with Crippen LogP contribution in [0.3, 0.4) is 0 Å². The van der Waals surface area contributed by atoms with Crippen LogP contribution in [0.15, 0.2) is 29.2 Å². The van der Waals surface area contributed by atoms with Gasteiger partial charge in [0.25, 0.3) is 9.84 Å². The van der Waals surface area contributed by atoms with E-state index in [4.69, 9.17) is 0 Å². The van der Waals surface area contributed by atoms with Crippen LogP contribution in [0.1, 0.15) is 0 Å². The molecule has 0 unspecified atom stereocenters. The molecular weight excluding hydrogens is 243 g/mol. The molecule has 0 N–H and O–H groups in total. The van der Waals surface area contributed by atoms with Crippen molar-refractivity contribution in [1.82, 2.24) is 0 Å². The molecule has 1 rings (SSSR count). The molecule has 1 aromatic rings. The summed E-state index contributed by atoms with van der Waals surface area (Å²) in [5.74, 6) is 0. The second-order valence-electron chi connectivity index (χ2n) is 3.34. The van der Waals surface area contributed by atoms with E-state index in [1.54, 1.807) is 14.1 Å². The molecule has 16 heavy (non-hydrogen) atoms. The maximum Gasteiger partial charge on any atom is 0.501 e. The lowest BCUT2D eigenvalue weighted by Crippen LogP contribution is -2.23. The molecule has 0 aliphatic rings. The second kappa shape index (κ2) is 3.97. The molecule has 0 saturated carbocycles. The van der Waals surface area contributed by atoms with E-state index in [2.05, 4.69) is 0 Å². The highest BCUT2D eigenvalue weighted by Crippen LogP contribution is 2.31. The normalized spacial score (nSPS) is 12.6. The zero-order chi connectivity index (χ0) is 12.6. The molecule has 0 amide bonds. The van der Waals surface area contributed by atoms with E-state index in [1.165, 1.54) is 17.0 Å². The average molecular weight is 253 g/mol. The minimum absolute atomic E-state index is 0.394. The Bertz CT molecular complexity index is 480. The van der Waals surface area contributed by atoms with Crippen LogP contribution in [0.25, 0.3) is 0 Å². The Morgan fingerprint density at radius 3 is 2.19 bits per heavy atom. The van der Waals surface area contributed by atoms with Gasteiger partial charge in [-0.2, -0.15) is 13.2 Å². The highest BCUT2D eigenvalue weighted by Gasteiger charge is 2.46. The van der Waals surface area contributed by atoms with Gasteiger partial charge in [-0.1, -0.05) is 6.07 Å². The van der Waals surface area contributed by atoms with Gasteiger partial charge in [0.2, 0.25) is 0 Å². The molecular formula is C9H10F3NO2S. The maximum absolute atomic E-state index is 12.3. The summed E-state index contributed by atoms with van der Waals surface area (Å²) in [4.78, 5) is 0.779. The molecule has 0 fully saturated rings. The van der Waals surface area contributed by atoms with Gasteiger partial charge >= 0.3 is 5.51 Å². The van der Waals surface area contributed by atoms with Crippen LogP contribution in [0.2, 0.25) is 0 Å². The van der Waals surface area contributed by atoms with Crippen molar-refractivity contribution < 1.29 is 21.6 Å². The molecule has 0 radical (unpaired) electrons. The van der Waals surface area contributed by atoms with Crippen molar-refractivity contribution in [2.75, 3.05) is 19.0 Å². The Morgan fingerprint density at radius 2 is 1.75 bits per heavy atom. The molecule has 0 aliphatic carbocycles. The number of alkyl halides is 3. The first-order valence-corrected chi connectivity index (χ1v) is 5.73. The van der Waals surface area contributed by atoms with Gasteiger partial charge in [0.1, 0.15) is 0 Å². The van der Waals surface area contributed by atoms with Crippen LogP contribution >= 0.6 is 0 Å². The average Bonchev–Trinajstić information content (AvgIpc) is 2.16. The lowest BCUT2D eigenvalue weighted by molar-refractivity contribution is -0.0435. The zero-order valence-corrected chi connectivity index (χ0v) is 9.43. The molecule has 0 atom stereocenters. The molecule has 0 saturated heterocycles. The number of rotatable bonds is 2. The first kappa shape index (κ1) is 12.8. The van der Waals surface area contributed by atoms with Crippen molar-refractivity contribution in [3.05, 3.63) is 24.3 Å². The molecule has 90 valence electrons. The van der Waals surface area contributed by atoms with E-state index in [-0.39, 0.29) is 0 Å². The van der Waals surface area contributed by atoms with Crippen LogP contribution in [-0.2, 0) is 9.84 Å². The van der Waals surface area contributed by atoms with E-state index >= 15 is 0 Å². The minimum Gasteiger partial charge on any atom is -0.378 e. The highest BCUT2D eigenvalue weighted by atomic mass is 32.2. The maximum atomic E-state index is 12.3. The lowest BCUT2D eigenvalue weighted by atomic mass is 10.3. The Labute approximate surface area is 91.4 Å². The number of sulfone groups is 1. The predicted molar refractivity (Wildman–Crippen MR) is 54.0 cm³/mol. The van der Waals surface area contributed by atoms with Gasteiger partial charge in [0, 0.05) is 19.8 Å². The highest BCUT2D eigenvalue weighted by molar-refractivity contribution is 7.92. The quantitative estimate of drug-likeness (QED) is 0.809. The number of benzene rings is 1. The molecule has 1 aromatic carbocycles. The van der Waals surface area contributed by atoms with E-state index in [1.807, 2.05) is 0 Å². The Morgan fingerprint density at radius 1 is 1.19 bits per heavy atom. The molecule has 0 aromatic heterocycles. The fraction of sp³-hybridized carbons (Fsp3) is 0.333. The standard InChI is InChI=1S/C9H10F3NO2S/c1-13(2)7-4-3-5-8(6-7)16(14,15)9(10,11)12/h3-6H,1-2H3. The largest absolute Gasteiger partial charge is 0.501 e. The monoisotopic (exact) mass is 253 g/mol. The fourth-order valence-electron chi connectivity index (χ4n) is 1.06. The topological polar surface area (TPSA) is 37.4 Å². The van der Waals surface area contributed by atoms with Crippen molar-refractivity contribution in [3.63, 3.8) is 0 Å². The van der Waals surface area contributed by atoms with E-state index in [0.29, 0.717) is 5.69 Å². The number of halogens is 3. The number of hydrogen-bond donors (Lipinski definition) is 0. The summed E-state index contributed by atoms with van der Waals surface area (Å²) in [7, 11) is -2.04. The second-order valence-corrected chi connectivity index (χ2v) is 5.28. The first-order valence-electron chi connectivity index (χ1n) is 4.25. The van der Waals surface area contributed by atoms with Crippen molar-refractivity contribution in [1.29, 1.82) is 0 Å². The van der Waals surface area contributed by atoms with Crippen molar-refractivity contribution >= 4 is 15.5 Å². The van der Waals surface area contributed by atoms with Crippen molar-refractivity contribution in [3.8, 4) is 0 Å². The third-order valence-corrected chi connectivity index (χ3v) is 3.43. The number of hydrogen-bond acceptors (Lipinski definition) is 3. The summed E-state index contributed by atoms with van der Waals surface area (Å²) in [6.07, 6.45) is 0. The Kier molecular flexibility index (Phi) is 3.18. The summed E-state index contributed by atoms with van der Waals surface area (Å²) in [6, 6.07) is 4.71. The Hall–Kier alpha value is -1.24. The summed E-state index contributed by atoms with van der Waals surface area (Å²) in [5, 5.41) is 0. The third-order valence-electron chi connectivity index (χ3n) is 1.95. The Balaban J connectivity index is 3.31. The number of nitrogens with zero attached hydrogens (tertiary/aromatic N) is 1. The van der Waals surface area contributed by atoms with Gasteiger partial charge in [-0.05, 0) is 18.2 Å². The van der Waals surface area contributed by atoms with Crippen LogP contribution in [0.4, 0.5) is 18.9 Å². The van der Waals surface area contributed by atoms with Crippen LogP contribution in [-0.4, -0.2) is 28.0 Å². The van der Waals surface area contributed by atoms with Crippen molar-refractivity contribution in [2.24, 2.45) is 0 Å². The molecule has 7 heteroatoms. The van der Waals surface area contributed by atoms with Crippen molar-refractivity contribution in [2.45, 2.75) is 10.4 Å². The third kappa shape index (κ3) is 2.29. The van der Waals surface area contributed by atoms with Gasteiger partial charge in [-0.25, -0.2) is 8.42 Å². The smallest absolute Gasteiger partial charge is 0.378 e. The van der Waals surface area contributed by atoms with Gasteiger partial charge in [-0.3, -0.25) is 0 Å². The van der Waals surface area contributed by atoms with Crippen LogP contribution in [0, 0.1) is 0 Å². The SMILES string of the molecule is CN(C)c1cccc(S(=O)(=O)C(F)(F)F)c1. The molecule has 0 spiro atoms. The van der Waals surface area contributed by atoms with E-state index in [9.17, 15) is 21.6 Å². The van der Waals surface area contributed by atoms with Gasteiger partial charge in [0.15, 0.2) is 0 Å². The van der Waals surface area contributed by atoms with Crippen LogP contribution < -0.4 is 4.90 Å². The summed E-state index contributed by atoms with van der Waals surface area (Å²) < 4.78 is 58.9. The summed E-state index contributed by atoms with van der Waals surface area (Å²) in [5.41, 5.74) is -4.87. The van der Waals surface area contributed by atoms with E-state index in [0.717, 1.165) is 12.1 Å². The van der Waals surface area contributed by atoms with Gasteiger partial charge in [-0.15, -0.1) is 0 Å². The predicted octanol–water partition coefficient (Wildman–Crippen LogP) is 2.05. The lowest BCUT2D eigenvalue weighted by Gasteiger charge is -2.14. The first-order chi connectivity index (χ1) is 7.16. The number of anilines is 1. The summed E-state index contributed by atoms with van der Waals surface area (Å²) >= 11 is 0. The van der Waals surface area contributed by atoms with Crippen LogP contribution in [0.5, 0.6) is 0 Å². The summed E-state index contributed by atoms with van der Waals surface area (Å²) in [6.45, 7) is 0. The zero-order valence-electron chi connectivity index (χ0n) is 8.62. The minimum atomic E-state index is -5.27. The molecule has 0 bridgehead atoms. The fourth-order valence-corrected chi connectivity index (χ4v) is 1.86. The van der Waals surface area contributed by atoms with Gasteiger partial charge in [0.05, 0.1) is 4.90 Å². The molecule has 0 heterocycles.